The smallest absolute Gasteiger partial charge is 0.399 e. The summed E-state index contributed by atoms with van der Waals surface area (Å²) in [7, 11) is 0. The maximum atomic E-state index is 13.3. The first kappa shape index (κ1) is 20.9. The number of amides is 1. The van der Waals surface area contributed by atoms with E-state index in [2.05, 4.69) is 10.3 Å². The molecule has 0 fully saturated rings. The number of rotatable bonds is 3. The molecule has 1 aromatic carbocycles. The molecule has 0 aliphatic carbocycles. The Bertz CT molecular complexity index is 977. The van der Waals surface area contributed by atoms with Crippen LogP contribution in [-0.4, -0.2) is 28.4 Å². The molecule has 0 spiro atoms. The lowest BCUT2D eigenvalue weighted by Gasteiger charge is -2.36. The van der Waals surface area contributed by atoms with E-state index >= 15 is 0 Å². The minimum atomic E-state index is -4.67. The second-order valence-corrected chi connectivity index (χ2v) is 6.87. The molecule has 2 aromatic rings. The van der Waals surface area contributed by atoms with Gasteiger partial charge in [-0.3, -0.25) is 4.79 Å². The standard InChI is InChI=1S/C19H17ClF4N4O/c1-10-17(25)13(26-15-7-3-6-14(21)27-15)8-9-28(10)18(29)11-4-2-5-12(16(11)20)19(22,23)24/h2-7,10H,8-9,25H2,1H3,(H,26,27). The largest absolute Gasteiger partial charge is 0.417 e. The fourth-order valence-corrected chi connectivity index (χ4v) is 3.42. The molecular formula is C19H17ClF4N4O. The molecule has 0 bridgehead atoms. The van der Waals surface area contributed by atoms with Gasteiger partial charge in [0.05, 0.1) is 27.9 Å². The van der Waals surface area contributed by atoms with E-state index in [1.165, 1.54) is 23.1 Å². The Morgan fingerprint density at radius 2 is 1.97 bits per heavy atom. The van der Waals surface area contributed by atoms with E-state index in [9.17, 15) is 22.4 Å². The number of nitrogens with zero attached hydrogens (tertiary/aromatic N) is 2. The minimum Gasteiger partial charge on any atom is -0.399 e. The van der Waals surface area contributed by atoms with Crippen LogP contribution in [0.4, 0.5) is 23.4 Å². The quantitative estimate of drug-likeness (QED) is 0.561. The summed E-state index contributed by atoms with van der Waals surface area (Å²) in [5.41, 5.74) is 5.69. The fraction of sp³-hybridized carbons (Fsp3) is 0.263. The lowest BCUT2D eigenvalue weighted by Crippen LogP contribution is -2.46. The number of halogens is 5. The van der Waals surface area contributed by atoms with Gasteiger partial charge in [-0.15, -0.1) is 0 Å². The molecule has 29 heavy (non-hydrogen) atoms. The van der Waals surface area contributed by atoms with Crippen LogP contribution in [0, 0.1) is 5.95 Å². The average Bonchev–Trinajstić information content (AvgIpc) is 2.64. The zero-order chi connectivity index (χ0) is 21.3. The van der Waals surface area contributed by atoms with Crippen molar-refractivity contribution in [1.82, 2.24) is 9.88 Å². The minimum absolute atomic E-state index is 0.185. The van der Waals surface area contributed by atoms with Gasteiger partial charge in [0.15, 0.2) is 0 Å². The Balaban J connectivity index is 1.85. The zero-order valence-corrected chi connectivity index (χ0v) is 16.0. The molecule has 5 nitrogen and oxygen atoms in total. The molecule has 1 aliphatic rings. The zero-order valence-electron chi connectivity index (χ0n) is 15.2. The van der Waals surface area contributed by atoms with Crippen molar-refractivity contribution in [3.05, 3.63) is 69.9 Å². The molecule has 1 aromatic heterocycles. The molecule has 1 unspecified atom stereocenters. The molecule has 1 atom stereocenters. The summed E-state index contributed by atoms with van der Waals surface area (Å²) in [6.45, 7) is 1.83. The van der Waals surface area contributed by atoms with Crippen LogP contribution in [-0.2, 0) is 6.18 Å². The molecule has 0 saturated heterocycles. The van der Waals surface area contributed by atoms with Crippen LogP contribution in [0.1, 0.15) is 29.3 Å². The predicted molar refractivity (Wildman–Crippen MR) is 101 cm³/mol. The Morgan fingerprint density at radius 1 is 1.28 bits per heavy atom. The molecular weight excluding hydrogens is 412 g/mol. The van der Waals surface area contributed by atoms with Gasteiger partial charge < -0.3 is 16.0 Å². The van der Waals surface area contributed by atoms with E-state index < -0.39 is 34.7 Å². The van der Waals surface area contributed by atoms with Crippen molar-refractivity contribution < 1.29 is 22.4 Å². The number of carbonyl (C=O) groups is 1. The first-order valence-electron chi connectivity index (χ1n) is 8.64. The SMILES string of the molecule is CC1C(N)=C(Nc2cccc(F)n2)CCN1C(=O)c1cccc(C(F)(F)F)c1Cl. The molecule has 10 heteroatoms. The highest BCUT2D eigenvalue weighted by molar-refractivity contribution is 6.34. The van der Waals surface area contributed by atoms with E-state index in [-0.39, 0.29) is 24.3 Å². The van der Waals surface area contributed by atoms with Gasteiger partial charge in [-0.25, -0.2) is 4.98 Å². The summed E-state index contributed by atoms with van der Waals surface area (Å²) < 4.78 is 52.5. The fourth-order valence-electron chi connectivity index (χ4n) is 3.11. The van der Waals surface area contributed by atoms with Crippen molar-refractivity contribution in [2.24, 2.45) is 5.73 Å². The van der Waals surface area contributed by atoms with Crippen molar-refractivity contribution in [3.63, 3.8) is 0 Å². The maximum Gasteiger partial charge on any atom is 0.417 e. The molecule has 0 saturated carbocycles. The van der Waals surface area contributed by atoms with Gasteiger partial charge in [0.25, 0.3) is 5.91 Å². The van der Waals surface area contributed by atoms with E-state index in [1.54, 1.807) is 13.0 Å². The van der Waals surface area contributed by atoms with Crippen LogP contribution in [0.25, 0.3) is 0 Å². The Kier molecular flexibility index (Phi) is 5.70. The van der Waals surface area contributed by atoms with Crippen LogP contribution < -0.4 is 11.1 Å². The number of hydrogen-bond donors (Lipinski definition) is 2. The monoisotopic (exact) mass is 428 g/mol. The number of carbonyl (C=O) groups excluding carboxylic acids is 1. The van der Waals surface area contributed by atoms with Crippen molar-refractivity contribution in [3.8, 4) is 0 Å². The molecule has 0 radical (unpaired) electrons. The Labute approximate surface area is 169 Å². The van der Waals surface area contributed by atoms with Gasteiger partial charge in [-0.2, -0.15) is 17.6 Å². The third-order valence-corrected chi connectivity index (χ3v) is 5.07. The Hall–Kier alpha value is -2.81. The van der Waals surface area contributed by atoms with E-state index in [0.717, 1.165) is 12.1 Å². The highest BCUT2D eigenvalue weighted by Crippen LogP contribution is 2.37. The van der Waals surface area contributed by atoms with Gasteiger partial charge in [-0.1, -0.05) is 23.7 Å². The summed E-state index contributed by atoms with van der Waals surface area (Å²) in [6, 6.07) is 6.84. The van der Waals surface area contributed by atoms with Crippen LogP contribution in [0.2, 0.25) is 5.02 Å². The average molecular weight is 429 g/mol. The summed E-state index contributed by atoms with van der Waals surface area (Å²) in [6.07, 6.45) is -4.38. The second-order valence-electron chi connectivity index (χ2n) is 6.49. The molecule has 1 aliphatic heterocycles. The summed E-state index contributed by atoms with van der Waals surface area (Å²) in [4.78, 5) is 17.9. The van der Waals surface area contributed by atoms with Crippen LogP contribution in [0.5, 0.6) is 0 Å². The third kappa shape index (κ3) is 4.29. The molecule has 154 valence electrons. The van der Waals surface area contributed by atoms with Crippen LogP contribution in [0.3, 0.4) is 0 Å². The van der Waals surface area contributed by atoms with Crippen LogP contribution in [0.15, 0.2) is 47.8 Å². The molecule has 3 N–H and O–H groups in total. The summed E-state index contributed by atoms with van der Waals surface area (Å²) in [5, 5.41) is 2.29. The first-order chi connectivity index (χ1) is 13.6. The number of hydrogen-bond acceptors (Lipinski definition) is 4. The van der Waals surface area contributed by atoms with Gasteiger partial charge in [0.1, 0.15) is 5.82 Å². The molecule has 1 amide bonds. The van der Waals surface area contributed by atoms with Crippen molar-refractivity contribution in [2.75, 3.05) is 11.9 Å². The summed E-state index contributed by atoms with van der Waals surface area (Å²) in [5.74, 6) is -1.05. The second kappa shape index (κ2) is 7.90. The third-order valence-electron chi connectivity index (χ3n) is 4.66. The van der Waals surface area contributed by atoms with Gasteiger partial charge >= 0.3 is 6.18 Å². The summed E-state index contributed by atoms with van der Waals surface area (Å²) >= 11 is 5.88. The highest BCUT2D eigenvalue weighted by atomic mass is 35.5. The number of nitrogens with one attached hydrogen (secondary N) is 1. The predicted octanol–water partition coefficient (Wildman–Crippen LogP) is 4.41. The topological polar surface area (TPSA) is 71.2 Å². The normalized spacial score (nSPS) is 17.4. The number of nitrogens with two attached hydrogens (primary N) is 1. The number of pyridine rings is 1. The van der Waals surface area contributed by atoms with Crippen molar-refractivity contribution in [1.29, 1.82) is 0 Å². The van der Waals surface area contributed by atoms with Gasteiger partial charge in [0.2, 0.25) is 5.95 Å². The van der Waals surface area contributed by atoms with E-state index in [0.29, 0.717) is 11.4 Å². The van der Waals surface area contributed by atoms with Crippen molar-refractivity contribution >= 4 is 23.3 Å². The number of alkyl halides is 3. The van der Waals surface area contributed by atoms with Gasteiger partial charge in [-0.05, 0) is 31.2 Å². The van der Waals surface area contributed by atoms with Gasteiger partial charge in [0, 0.05) is 18.7 Å². The maximum absolute atomic E-state index is 13.3. The lowest BCUT2D eigenvalue weighted by molar-refractivity contribution is -0.137. The number of aromatic nitrogens is 1. The molecule has 3 rings (SSSR count). The van der Waals surface area contributed by atoms with E-state index in [1.807, 2.05) is 0 Å². The van der Waals surface area contributed by atoms with Crippen LogP contribution >= 0.6 is 11.6 Å². The van der Waals surface area contributed by atoms with E-state index in [4.69, 9.17) is 17.3 Å². The molecule has 2 heterocycles. The highest BCUT2D eigenvalue weighted by Gasteiger charge is 2.36. The first-order valence-corrected chi connectivity index (χ1v) is 9.02. The lowest BCUT2D eigenvalue weighted by atomic mass is 10.0. The number of benzene rings is 1. The Morgan fingerprint density at radius 3 is 2.62 bits per heavy atom. The number of anilines is 1. The van der Waals surface area contributed by atoms with Crippen molar-refractivity contribution in [2.45, 2.75) is 25.6 Å².